The Morgan fingerprint density at radius 2 is 1.93 bits per heavy atom. The maximum Gasteiger partial charge on any atom is 0.294 e. The molecule has 9 heteroatoms. The zero-order chi connectivity index (χ0) is 19.6. The molecule has 0 aromatic heterocycles. The third-order valence-corrected chi connectivity index (χ3v) is 6.09. The first-order chi connectivity index (χ1) is 12.9. The van der Waals surface area contributed by atoms with Crippen LogP contribution in [-0.4, -0.2) is 60.7 Å². The van der Waals surface area contributed by atoms with Crippen LogP contribution in [0, 0.1) is 3.57 Å². The number of ether oxygens (including phenoxy) is 2. The highest BCUT2D eigenvalue weighted by Crippen LogP contribution is 2.37. The second-order valence-electron chi connectivity index (χ2n) is 6.09. The maximum absolute atomic E-state index is 12.6. The normalized spacial score (nSPS) is 18.6. The Bertz CT molecular complexity index is 820. The lowest BCUT2D eigenvalue weighted by atomic mass is 10.2. The van der Waals surface area contributed by atoms with Gasteiger partial charge in [-0.3, -0.25) is 19.3 Å². The molecule has 2 aliphatic heterocycles. The molecule has 2 aliphatic rings. The molecule has 27 heavy (non-hydrogen) atoms. The van der Waals surface area contributed by atoms with E-state index in [9.17, 15) is 14.4 Å². The Morgan fingerprint density at radius 1 is 1.22 bits per heavy atom. The summed E-state index contributed by atoms with van der Waals surface area (Å²) >= 11 is 2.96. The molecule has 0 radical (unpaired) electrons. The van der Waals surface area contributed by atoms with Gasteiger partial charge in [0, 0.05) is 13.1 Å². The second-order valence-corrected chi connectivity index (χ2v) is 8.25. The highest BCUT2D eigenvalue weighted by Gasteiger charge is 2.37. The van der Waals surface area contributed by atoms with Crippen LogP contribution in [0.15, 0.2) is 17.0 Å². The second kappa shape index (κ2) is 8.51. The number of hydrogen-bond donors (Lipinski definition) is 0. The first-order valence-electron chi connectivity index (χ1n) is 8.39. The van der Waals surface area contributed by atoms with Crippen molar-refractivity contribution in [2.75, 3.05) is 33.9 Å². The SMILES string of the molecule is COc1cc(/C=C2\SC(=O)N(CC(=O)N3CCCC3)C2=O)cc(I)c1OC. The summed E-state index contributed by atoms with van der Waals surface area (Å²) in [6, 6.07) is 3.58. The predicted molar refractivity (Wildman–Crippen MR) is 111 cm³/mol. The van der Waals surface area contributed by atoms with E-state index in [-0.39, 0.29) is 17.4 Å². The number of hydrogen-bond acceptors (Lipinski definition) is 6. The van der Waals surface area contributed by atoms with Crippen molar-refractivity contribution >= 4 is 57.5 Å². The first kappa shape index (κ1) is 20.0. The van der Waals surface area contributed by atoms with E-state index in [1.54, 1.807) is 24.2 Å². The molecule has 0 unspecified atom stereocenters. The van der Waals surface area contributed by atoms with Gasteiger partial charge in [-0.05, 0) is 71.0 Å². The van der Waals surface area contributed by atoms with Crippen molar-refractivity contribution in [2.45, 2.75) is 12.8 Å². The fourth-order valence-electron chi connectivity index (χ4n) is 3.01. The van der Waals surface area contributed by atoms with Gasteiger partial charge in [-0.15, -0.1) is 0 Å². The van der Waals surface area contributed by atoms with Crippen molar-refractivity contribution in [3.05, 3.63) is 26.2 Å². The van der Waals surface area contributed by atoms with Crippen LogP contribution in [0.3, 0.4) is 0 Å². The van der Waals surface area contributed by atoms with E-state index in [1.165, 1.54) is 7.11 Å². The molecule has 144 valence electrons. The molecule has 3 amide bonds. The standard InChI is InChI=1S/C18H19IN2O5S/c1-25-13-8-11(7-12(19)16(13)26-2)9-14-17(23)21(18(24)27-14)10-15(22)20-5-3-4-6-20/h7-9H,3-6,10H2,1-2H3/b14-9-. The summed E-state index contributed by atoms with van der Waals surface area (Å²) in [5.74, 6) is 0.526. The van der Waals surface area contributed by atoms with Gasteiger partial charge in [0.15, 0.2) is 11.5 Å². The fraction of sp³-hybridized carbons (Fsp3) is 0.389. The third kappa shape index (κ3) is 4.23. The number of halogens is 1. The third-order valence-electron chi connectivity index (χ3n) is 4.38. The first-order valence-corrected chi connectivity index (χ1v) is 10.3. The average Bonchev–Trinajstić information content (AvgIpc) is 3.26. The average molecular weight is 502 g/mol. The van der Waals surface area contributed by atoms with Gasteiger partial charge in [-0.2, -0.15) is 0 Å². The van der Waals surface area contributed by atoms with Crippen molar-refractivity contribution in [3.63, 3.8) is 0 Å². The molecule has 0 aliphatic carbocycles. The molecule has 0 bridgehead atoms. The zero-order valence-electron chi connectivity index (χ0n) is 15.0. The van der Waals surface area contributed by atoms with E-state index >= 15 is 0 Å². The summed E-state index contributed by atoms with van der Waals surface area (Å²) in [6.45, 7) is 1.18. The monoisotopic (exact) mass is 502 g/mol. The highest BCUT2D eigenvalue weighted by molar-refractivity contribution is 14.1. The molecule has 3 rings (SSSR count). The Labute approximate surface area is 175 Å². The molecule has 2 fully saturated rings. The molecule has 7 nitrogen and oxygen atoms in total. The Hall–Kier alpha value is -1.75. The van der Waals surface area contributed by atoms with Gasteiger partial charge >= 0.3 is 0 Å². The lowest BCUT2D eigenvalue weighted by Gasteiger charge is -2.18. The molecule has 0 saturated carbocycles. The number of likely N-dealkylation sites (tertiary alicyclic amines) is 1. The molecule has 2 saturated heterocycles. The van der Waals surface area contributed by atoms with Gasteiger partial charge in [-0.1, -0.05) is 0 Å². The van der Waals surface area contributed by atoms with E-state index in [4.69, 9.17) is 9.47 Å². The molecular weight excluding hydrogens is 483 g/mol. The van der Waals surface area contributed by atoms with Crippen LogP contribution >= 0.6 is 34.4 Å². The number of carbonyl (C=O) groups is 3. The van der Waals surface area contributed by atoms with Crippen LogP contribution in [0.1, 0.15) is 18.4 Å². The summed E-state index contributed by atoms with van der Waals surface area (Å²) in [5.41, 5.74) is 0.716. The van der Waals surface area contributed by atoms with Crippen LogP contribution in [-0.2, 0) is 9.59 Å². The molecule has 1 aromatic carbocycles. The quantitative estimate of drug-likeness (QED) is 0.456. The number of thioether (sulfide) groups is 1. The van der Waals surface area contributed by atoms with E-state index in [2.05, 4.69) is 22.6 Å². The molecule has 0 N–H and O–H groups in total. The number of benzene rings is 1. The summed E-state index contributed by atoms with van der Waals surface area (Å²) in [7, 11) is 3.10. The highest BCUT2D eigenvalue weighted by atomic mass is 127. The Kier molecular flexibility index (Phi) is 6.30. The van der Waals surface area contributed by atoms with Crippen LogP contribution in [0.2, 0.25) is 0 Å². The number of amides is 3. The topological polar surface area (TPSA) is 76.2 Å². The number of rotatable bonds is 5. The predicted octanol–water partition coefficient (Wildman–Crippen LogP) is 2.97. The lowest BCUT2D eigenvalue weighted by molar-refractivity contribution is -0.135. The van der Waals surface area contributed by atoms with Crippen molar-refractivity contribution in [1.82, 2.24) is 9.80 Å². The van der Waals surface area contributed by atoms with Crippen LogP contribution in [0.25, 0.3) is 6.08 Å². The fourth-order valence-corrected chi connectivity index (χ4v) is 4.69. The van der Waals surface area contributed by atoms with Crippen molar-refractivity contribution in [2.24, 2.45) is 0 Å². The summed E-state index contributed by atoms with van der Waals surface area (Å²) in [5, 5.41) is -0.422. The summed E-state index contributed by atoms with van der Waals surface area (Å²) in [4.78, 5) is 40.1. The van der Waals surface area contributed by atoms with E-state index in [1.807, 2.05) is 6.07 Å². The van der Waals surface area contributed by atoms with Crippen LogP contribution in [0.5, 0.6) is 11.5 Å². The maximum atomic E-state index is 12.6. The summed E-state index contributed by atoms with van der Waals surface area (Å²) < 4.78 is 11.5. The molecule has 0 atom stereocenters. The molecule has 1 aromatic rings. The van der Waals surface area contributed by atoms with Gasteiger partial charge in [0.25, 0.3) is 11.1 Å². The van der Waals surface area contributed by atoms with Gasteiger partial charge in [-0.25, -0.2) is 0 Å². The number of methoxy groups -OCH3 is 2. The number of carbonyl (C=O) groups excluding carboxylic acids is 3. The van der Waals surface area contributed by atoms with Gasteiger partial charge in [0.05, 0.1) is 22.7 Å². The number of imide groups is 1. The smallest absolute Gasteiger partial charge is 0.294 e. The van der Waals surface area contributed by atoms with Crippen molar-refractivity contribution in [1.29, 1.82) is 0 Å². The Balaban J connectivity index is 1.80. The van der Waals surface area contributed by atoms with E-state index < -0.39 is 11.1 Å². The van der Waals surface area contributed by atoms with Crippen molar-refractivity contribution < 1.29 is 23.9 Å². The van der Waals surface area contributed by atoms with Gasteiger partial charge in [0.2, 0.25) is 5.91 Å². The molecule has 0 spiro atoms. The van der Waals surface area contributed by atoms with E-state index in [0.717, 1.165) is 33.1 Å². The van der Waals surface area contributed by atoms with Crippen molar-refractivity contribution in [3.8, 4) is 11.5 Å². The number of nitrogens with zero attached hydrogens (tertiary/aromatic N) is 2. The largest absolute Gasteiger partial charge is 0.493 e. The lowest BCUT2D eigenvalue weighted by Crippen LogP contribution is -2.40. The van der Waals surface area contributed by atoms with E-state index in [0.29, 0.717) is 30.2 Å². The minimum absolute atomic E-state index is 0.184. The minimum Gasteiger partial charge on any atom is -0.493 e. The zero-order valence-corrected chi connectivity index (χ0v) is 18.0. The van der Waals surface area contributed by atoms with Crippen LogP contribution < -0.4 is 9.47 Å². The minimum atomic E-state index is -0.442. The van der Waals surface area contributed by atoms with Gasteiger partial charge < -0.3 is 14.4 Å². The summed E-state index contributed by atoms with van der Waals surface area (Å²) in [6.07, 6.45) is 3.56. The molecule has 2 heterocycles. The van der Waals surface area contributed by atoms with Gasteiger partial charge in [0.1, 0.15) is 6.54 Å². The Morgan fingerprint density at radius 3 is 2.56 bits per heavy atom. The molecular formula is C18H19IN2O5S. The van der Waals surface area contributed by atoms with Crippen LogP contribution in [0.4, 0.5) is 4.79 Å².